The van der Waals surface area contributed by atoms with Crippen LogP contribution in [0.2, 0.25) is 0 Å². The number of nitrogens with one attached hydrogen (secondary N) is 2. The van der Waals surface area contributed by atoms with Crippen LogP contribution in [0.3, 0.4) is 0 Å². The number of piperidine rings is 1. The number of nitrogens with two attached hydrogens (primary N) is 1. The van der Waals surface area contributed by atoms with Crippen molar-refractivity contribution in [3.05, 3.63) is 101 Å². The molecule has 2 aromatic heterocycles. The van der Waals surface area contributed by atoms with E-state index in [1.54, 1.807) is 9.47 Å². The number of aromatic amines is 2. The number of primary amides is 1. The van der Waals surface area contributed by atoms with Crippen LogP contribution < -0.4 is 16.3 Å². The lowest BCUT2D eigenvalue weighted by Crippen LogP contribution is -2.43. The highest BCUT2D eigenvalue weighted by Gasteiger charge is 2.28. The molecule has 0 unspecified atom stereocenters. The number of fused-ring (bicyclic) bond motifs is 3. The molecule has 10 nitrogen and oxygen atoms in total. The average molecular weight is 622 g/mol. The standard InChI is InChI=1S/C23H27N3O.C13H16N4O2/c1-25(2)15-17-13-18-7-3-6-10-22(18)26(16-17)23(27)12-11-19-14-24-21-9-5-4-8-20(19)21;14-12(18)16-7-5-9(6-8-16)17-11-4-2-1-3-10(11)15-13(17)19/h3-10,14,17,24H,11-13,15-16H2,1-2H3;1-4,9H,5-8H2,(H2,14,18)(H,15,19)/t17-;/m1./s1. The zero-order chi connectivity index (χ0) is 32.2. The largest absolute Gasteiger partial charge is 0.361 e. The molecule has 4 N–H and O–H groups in total. The molecule has 2 aliphatic heterocycles. The molecule has 0 spiro atoms. The summed E-state index contributed by atoms with van der Waals surface area (Å²) in [5, 5.41) is 1.22. The van der Waals surface area contributed by atoms with Crippen molar-refractivity contribution in [1.29, 1.82) is 0 Å². The second kappa shape index (κ2) is 13.7. The minimum absolute atomic E-state index is 0.0845. The first-order valence-corrected chi connectivity index (χ1v) is 16.1. The molecule has 0 radical (unpaired) electrons. The number of aryl methyl sites for hydroxylation is 1. The number of hydrogen-bond donors (Lipinski definition) is 3. The van der Waals surface area contributed by atoms with Crippen molar-refractivity contribution in [3.63, 3.8) is 0 Å². The summed E-state index contributed by atoms with van der Waals surface area (Å²) in [6, 6.07) is 24.0. The van der Waals surface area contributed by atoms with Gasteiger partial charge in [-0.3, -0.25) is 9.36 Å². The number of benzene rings is 3. The van der Waals surface area contributed by atoms with Gasteiger partial charge in [0.1, 0.15) is 0 Å². The molecule has 1 fully saturated rings. The number of hydrogen-bond acceptors (Lipinski definition) is 4. The van der Waals surface area contributed by atoms with Crippen LogP contribution in [0.4, 0.5) is 10.5 Å². The van der Waals surface area contributed by atoms with E-state index in [2.05, 4.69) is 59.3 Å². The number of aromatic nitrogens is 3. The monoisotopic (exact) mass is 621 g/mol. The molecule has 5 aromatic rings. The maximum absolute atomic E-state index is 13.1. The van der Waals surface area contributed by atoms with E-state index in [9.17, 15) is 14.4 Å². The third kappa shape index (κ3) is 6.72. The quantitative estimate of drug-likeness (QED) is 0.249. The molecule has 240 valence electrons. The van der Waals surface area contributed by atoms with Gasteiger partial charge < -0.3 is 30.4 Å². The van der Waals surface area contributed by atoms with Crippen LogP contribution in [-0.4, -0.2) is 76.5 Å². The topological polar surface area (TPSA) is 123 Å². The fourth-order valence-corrected chi connectivity index (χ4v) is 7.05. The lowest BCUT2D eigenvalue weighted by atomic mass is 9.91. The Kier molecular flexibility index (Phi) is 9.25. The molecule has 7 rings (SSSR count). The number of urea groups is 1. The Labute approximate surface area is 268 Å². The van der Waals surface area contributed by atoms with E-state index >= 15 is 0 Å². The molecule has 0 bridgehead atoms. The predicted octanol–water partition coefficient (Wildman–Crippen LogP) is 4.91. The van der Waals surface area contributed by atoms with Crippen molar-refractivity contribution < 1.29 is 9.59 Å². The maximum atomic E-state index is 13.1. The van der Waals surface area contributed by atoms with Crippen LogP contribution in [0.5, 0.6) is 0 Å². The van der Waals surface area contributed by atoms with Crippen molar-refractivity contribution in [2.45, 2.75) is 38.1 Å². The SMILES string of the molecule is CN(C)C[C@H]1Cc2ccccc2N(C(=O)CCc2c[nH]c3ccccc23)C1.NC(=O)N1CCC(n2c(=O)[nH]c3ccccc32)CC1. The van der Waals surface area contributed by atoms with Gasteiger partial charge >= 0.3 is 11.7 Å². The summed E-state index contributed by atoms with van der Waals surface area (Å²) in [5.41, 5.74) is 11.7. The molecule has 3 amide bonds. The third-order valence-corrected chi connectivity index (χ3v) is 9.20. The van der Waals surface area contributed by atoms with E-state index in [1.165, 1.54) is 16.5 Å². The Balaban J connectivity index is 0.000000172. The zero-order valence-electron chi connectivity index (χ0n) is 26.6. The number of carbonyl (C=O) groups is 2. The second-order valence-electron chi connectivity index (χ2n) is 12.7. The molecular formula is C36H43N7O3. The van der Waals surface area contributed by atoms with Gasteiger partial charge in [0, 0.05) is 61.4 Å². The van der Waals surface area contributed by atoms with E-state index in [0.717, 1.165) is 61.0 Å². The number of para-hydroxylation sites is 4. The van der Waals surface area contributed by atoms with Crippen molar-refractivity contribution in [1.82, 2.24) is 24.3 Å². The van der Waals surface area contributed by atoms with Gasteiger partial charge in [0.05, 0.1) is 11.0 Å². The number of H-pyrrole nitrogens is 2. The number of likely N-dealkylation sites (tertiary alicyclic amines) is 1. The van der Waals surface area contributed by atoms with Crippen molar-refractivity contribution >= 4 is 39.6 Å². The highest BCUT2D eigenvalue weighted by atomic mass is 16.2. The van der Waals surface area contributed by atoms with Gasteiger partial charge in [0.15, 0.2) is 0 Å². The van der Waals surface area contributed by atoms with E-state index in [0.29, 0.717) is 25.4 Å². The van der Waals surface area contributed by atoms with Crippen molar-refractivity contribution in [3.8, 4) is 0 Å². The van der Waals surface area contributed by atoms with Gasteiger partial charge in [0.25, 0.3) is 0 Å². The number of rotatable bonds is 6. The lowest BCUT2D eigenvalue weighted by Gasteiger charge is -2.36. The normalized spacial score (nSPS) is 16.8. The van der Waals surface area contributed by atoms with Crippen LogP contribution in [0.25, 0.3) is 21.9 Å². The molecule has 0 aliphatic carbocycles. The fraction of sp³-hybridized carbons (Fsp3) is 0.361. The van der Waals surface area contributed by atoms with Gasteiger partial charge in [0.2, 0.25) is 5.91 Å². The summed E-state index contributed by atoms with van der Waals surface area (Å²) in [6.45, 7) is 3.01. The summed E-state index contributed by atoms with van der Waals surface area (Å²) in [7, 11) is 4.20. The zero-order valence-corrected chi connectivity index (χ0v) is 26.6. The van der Waals surface area contributed by atoms with Crippen molar-refractivity contribution in [2.75, 3.05) is 45.2 Å². The molecule has 3 aromatic carbocycles. The highest BCUT2D eigenvalue weighted by Crippen LogP contribution is 2.31. The number of carbonyl (C=O) groups excluding carboxylic acids is 2. The third-order valence-electron chi connectivity index (χ3n) is 9.20. The summed E-state index contributed by atoms with van der Waals surface area (Å²) in [6.07, 6.45) is 5.89. The molecular weight excluding hydrogens is 578 g/mol. The number of amides is 3. The van der Waals surface area contributed by atoms with Crippen LogP contribution >= 0.6 is 0 Å². The van der Waals surface area contributed by atoms with Gasteiger partial charge in [-0.15, -0.1) is 0 Å². The molecule has 2 aliphatic rings. The molecule has 1 atom stereocenters. The van der Waals surface area contributed by atoms with Gasteiger partial charge in [-0.1, -0.05) is 48.5 Å². The van der Waals surface area contributed by atoms with Gasteiger partial charge in [-0.25, -0.2) is 9.59 Å². The van der Waals surface area contributed by atoms with E-state index in [-0.39, 0.29) is 23.7 Å². The lowest BCUT2D eigenvalue weighted by molar-refractivity contribution is -0.118. The predicted molar refractivity (Wildman–Crippen MR) is 183 cm³/mol. The Morgan fingerprint density at radius 3 is 2.39 bits per heavy atom. The molecule has 0 saturated carbocycles. The van der Waals surface area contributed by atoms with Gasteiger partial charge in [-0.2, -0.15) is 0 Å². The van der Waals surface area contributed by atoms with E-state index < -0.39 is 0 Å². The first-order chi connectivity index (χ1) is 22.3. The fourth-order valence-electron chi connectivity index (χ4n) is 7.05. The van der Waals surface area contributed by atoms with Crippen LogP contribution in [-0.2, 0) is 17.6 Å². The maximum Gasteiger partial charge on any atom is 0.326 e. The Morgan fingerprint density at radius 2 is 1.63 bits per heavy atom. The summed E-state index contributed by atoms with van der Waals surface area (Å²) in [4.78, 5) is 48.3. The molecule has 1 saturated heterocycles. The summed E-state index contributed by atoms with van der Waals surface area (Å²) >= 11 is 0. The van der Waals surface area contributed by atoms with E-state index in [1.807, 2.05) is 53.6 Å². The number of imidazole rings is 1. The Morgan fingerprint density at radius 1 is 0.935 bits per heavy atom. The summed E-state index contributed by atoms with van der Waals surface area (Å²) < 4.78 is 1.80. The Bertz CT molecular complexity index is 1880. The minimum Gasteiger partial charge on any atom is -0.361 e. The van der Waals surface area contributed by atoms with Crippen LogP contribution in [0, 0.1) is 5.92 Å². The number of nitrogens with zero attached hydrogens (tertiary/aromatic N) is 4. The van der Waals surface area contributed by atoms with Gasteiger partial charge in [-0.05, 0) is 81.1 Å². The van der Waals surface area contributed by atoms with E-state index in [4.69, 9.17) is 5.73 Å². The Hall–Kier alpha value is -4.83. The second-order valence-corrected chi connectivity index (χ2v) is 12.7. The minimum atomic E-state index is -0.385. The van der Waals surface area contributed by atoms with Crippen molar-refractivity contribution in [2.24, 2.45) is 11.7 Å². The van der Waals surface area contributed by atoms with Crippen LogP contribution in [0.15, 0.2) is 83.8 Å². The number of anilines is 1. The highest BCUT2D eigenvalue weighted by molar-refractivity contribution is 5.95. The first-order valence-electron chi connectivity index (χ1n) is 16.1. The summed E-state index contributed by atoms with van der Waals surface area (Å²) in [5.74, 6) is 0.697. The van der Waals surface area contributed by atoms with Crippen LogP contribution in [0.1, 0.15) is 36.4 Å². The first kappa shape index (κ1) is 31.2. The molecule has 4 heterocycles. The smallest absolute Gasteiger partial charge is 0.326 e. The molecule has 10 heteroatoms. The molecule has 46 heavy (non-hydrogen) atoms. The average Bonchev–Trinajstić information content (AvgIpc) is 3.63.